The van der Waals surface area contributed by atoms with Crippen LogP contribution >= 0.6 is 11.8 Å². The first-order chi connectivity index (χ1) is 13.1. The van der Waals surface area contributed by atoms with E-state index in [4.69, 9.17) is 5.26 Å². The molecule has 0 bridgehead atoms. The second-order valence-electron chi connectivity index (χ2n) is 6.30. The number of alkyl halides is 14. The molecule has 0 fully saturated rings. The molecule has 0 aliphatic rings. The fourth-order valence-electron chi connectivity index (χ4n) is 2.51. The molecule has 30 heavy (non-hydrogen) atoms. The number of unbranched alkanes of at least 4 members (excludes halogenated alkanes) is 1. The molecular formula is C14H13F14NS. The highest BCUT2D eigenvalue weighted by Crippen LogP contribution is 2.55. The van der Waals surface area contributed by atoms with Gasteiger partial charge in [0.2, 0.25) is 0 Å². The lowest BCUT2D eigenvalue weighted by molar-refractivity contribution is -0.356. The van der Waals surface area contributed by atoms with Gasteiger partial charge in [0.15, 0.2) is 0 Å². The summed E-state index contributed by atoms with van der Waals surface area (Å²) in [6.07, 6.45) is -34.7. The van der Waals surface area contributed by atoms with Crippen LogP contribution in [0.5, 0.6) is 0 Å². The molecule has 1 nitrogen and oxygen atoms in total. The van der Waals surface area contributed by atoms with Gasteiger partial charge in [0.25, 0.3) is 11.3 Å². The number of nitriles is 1. The minimum Gasteiger partial charge on any atom is -0.224 e. The standard InChI is InChI=1S/C14H13F14NS/c15-9(11(17,18)19,12(20,21)22)5-8(3-1-2-4-30-7-29)6-10(16,13(23,24)25)14(26,27)28/h8H,1-6H2. The second-order valence-corrected chi connectivity index (χ2v) is 7.18. The number of halogens is 14. The molecule has 0 aromatic carbocycles. The van der Waals surface area contributed by atoms with Crippen molar-refractivity contribution in [1.29, 1.82) is 5.26 Å². The highest BCUT2D eigenvalue weighted by atomic mass is 32.2. The molecule has 0 aliphatic heterocycles. The zero-order chi connectivity index (χ0) is 24.2. The molecule has 0 saturated carbocycles. The van der Waals surface area contributed by atoms with E-state index in [9.17, 15) is 61.5 Å². The lowest BCUT2D eigenvalue weighted by Crippen LogP contribution is -2.57. The Kier molecular flexibility index (Phi) is 9.19. The topological polar surface area (TPSA) is 23.8 Å². The molecule has 0 atom stereocenters. The fraction of sp³-hybridized carbons (Fsp3) is 0.929. The molecule has 0 aromatic rings. The molecule has 0 amide bonds. The summed E-state index contributed by atoms with van der Waals surface area (Å²) in [4.78, 5) is 0. The monoisotopic (exact) mass is 493 g/mol. The summed E-state index contributed by atoms with van der Waals surface area (Å²) in [5.41, 5.74) is -12.3. The van der Waals surface area contributed by atoms with Crippen LogP contribution in [-0.4, -0.2) is 41.8 Å². The van der Waals surface area contributed by atoms with Crippen LogP contribution in [0.2, 0.25) is 0 Å². The maximum absolute atomic E-state index is 13.9. The van der Waals surface area contributed by atoms with E-state index in [1.54, 1.807) is 0 Å². The molecule has 0 unspecified atom stereocenters. The lowest BCUT2D eigenvalue weighted by Gasteiger charge is -2.37. The minimum absolute atomic E-state index is 0.109. The summed E-state index contributed by atoms with van der Waals surface area (Å²) in [5.74, 6) is -3.04. The second kappa shape index (κ2) is 9.56. The maximum Gasteiger partial charge on any atom is 0.431 e. The Morgan fingerprint density at radius 3 is 1.20 bits per heavy atom. The van der Waals surface area contributed by atoms with Crippen molar-refractivity contribution in [2.75, 3.05) is 5.75 Å². The average molecular weight is 493 g/mol. The van der Waals surface area contributed by atoms with Gasteiger partial charge in [-0.25, -0.2) is 8.78 Å². The smallest absolute Gasteiger partial charge is 0.224 e. The first-order valence-corrected chi connectivity index (χ1v) is 8.78. The van der Waals surface area contributed by atoms with Gasteiger partial charge in [-0.2, -0.15) is 57.9 Å². The van der Waals surface area contributed by atoms with Crippen molar-refractivity contribution in [3.05, 3.63) is 0 Å². The fourth-order valence-corrected chi connectivity index (χ4v) is 2.95. The van der Waals surface area contributed by atoms with Crippen molar-refractivity contribution < 1.29 is 61.5 Å². The zero-order valence-corrected chi connectivity index (χ0v) is 15.3. The van der Waals surface area contributed by atoms with E-state index < -0.39 is 67.6 Å². The quantitative estimate of drug-likeness (QED) is 0.190. The van der Waals surface area contributed by atoms with Gasteiger partial charge in [-0.15, -0.1) is 0 Å². The SMILES string of the molecule is N#CSCCCCC(CC(F)(C(F)(F)F)C(F)(F)F)CC(F)(C(F)(F)F)C(F)(F)F. The summed E-state index contributed by atoms with van der Waals surface area (Å²) in [6.45, 7) is 0. The van der Waals surface area contributed by atoms with Gasteiger partial charge in [-0.05, 0) is 24.1 Å². The number of nitrogens with zero attached hydrogens (tertiary/aromatic N) is 1. The van der Waals surface area contributed by atoms with Gasteiger partial charge in [0.1, 0.15) is 5.40 Å². The summed E-state index contributed by atoms with van der Waals surface area (Å²) < 4.78 is 180. The maximum atomic E-state index is 13.9. The molecule has 0 aromatic heterocycles. The third-order valence-corrected chi connectivity index (χ3v) is 4.73. The summed E-state index contributed by atoms with van der Waals surface area (Å²) >= 11 is 0.541. The van der Waals surface area contributed by atoms with Gasteiger partial charge in [0, 0.05) is 18.6 Å². The van der Waals surface area contributed by atoms with Crippen LogP contribution in [0.3, 0.4) is 0 Å². The van der Waals surface area contributed by atoms with Crippen LogP contribution in [-0.2, 0) is 0 Å². The largest absolute Gasteiger partial charge is 0.431 e. The normalized spacial score (nSPS) is 14.9. The molecule has 178 valence electrons. The predicted octanol–water partition coefficient (Wildman–Crippen LogP) is 7.43. The molecule has 0 spiro atoms. The summed E-state index contributed by atoms with van der Waals surface area (Å²) in [7, 11) is 0. The van der Waals surface area contributed by atoms with Crippen molar-refractivity contribution in [3.8, 4) is 5.40 Å². The molecular weight excluding hydrogens is 480 g/mol. The van der Waals surface area contributed by atoms with Crippen molar-refractivity contribution in [2.45, 2.75) is 68.1 Å². The van der Waals surface area contributed by atoms with E-state index >= 15 is 0 Å². The molecule has 0 saturated heterocycles. The molecule has 0 N–H and O–H groups in total. The van der Waals surface area contributed by atoms with E-state index in [2.05, 4.69) is 0 Å². The molecule has 16 heteroatoms. The number of hydrogen-bond donors (Lipinski definition) is 0. The summed E-state index contributed by atoms with van der Waals surface area (Å²) in [5, 5.41) is 9.77. The van der Waals surface area contributed by atoms with E-state index in [0.29, 0.717) is 11.8 Å². The average Bonchev–Trinajstić information content (AvgIpc) is 2.49. The van der Waals surface area contributed by atoms with Crippen LogP contribution in [0.25, 0.3) is 0 Å². The number of hydrogen-bond acceptors (Lipinski definition) is 2. The van der Waals surface area contributed by atoms with Crippen LogP contribution < -0.4 is 0 Å². The van der Waals surface area contributed by atoms with Crippen molar-refractivity contribution in [3.63, 3.8) is 0 Å². The number of thioether (sulfide) groups is 1. The third kappa shape index (κ3) is 6.68. The van der Waals surface area contributed by atoms with Gasteiger partial charge in [-0.1, -0.05) is 12.8 Å². The Morgan fingerprint density at radius 1 is 0.600 bits per heavy atom. The number of thiocyanates is 1. The van der Waals surface area contributed by atoms with E-state index in [1.165, 1.54) is 5.40 Å². The van der Waals surface area contributed by atoms with Crippen molar-refractivity contribution in [1.82, 2.24) is 0 Å². The Balaban J connectivity index is 6.01. The Bertz CT molecular complexity index is 514. The van der Waals surface area contributed by atoms with Crippen LogP contribution in [0.15, 0.2) is 0 Å². The molecule has 0 heterocycles. The van der Waals surface area contributed by atoms with E-state index in [-0.39, 0.29) is 12.2 Å². The van der Waals surface area contributed by atoms with Gasteiger partial charge >= 0.3 is 24.7 Å². The first-order valence-electron chi connectivity index (χ1n) is 7.79. The highest BCUT2D eigenvalue weighted by molar-refractivity contribution is 8.03. The molecule has 0 radical (unpaired) electrons. The Labute approximate surface area is 164 Å². The Morgan fingerprint density at radius 2 is 0.933 bits per heavy atom. The van der Waals surface area contributed by atoms with Gasteiger partial charge in [-0.3, -0.25) is 0 Å². The van der Waals surface area contributed by atoms with Crippen molar-refractivity contribution in [2.24, 2.45) is 5.92 Å². The predicted molar refractivity (Wildman–Crippen MR) is 76.5 cm³/mol. The van der Waals surface area contributed by atoms with E-state index in [1.807, 2.05) is 0 Å². The van der Waals surface area contributed by atoms with Crippen molar-refractivity contribution >= 4 is 11.8 Å². The Hall–Kier alpha value is -1.14. The minimum atomic E-state index is -6.73. The lowest BCUT2D eigenvalue weighted by atomic mass is 9.80. The summed E-state index contributed by atoms with van der Waals surface area (Å²) in [6, 6.07) is 0. The molecule has 0 aliphatic carbocycles. The number of rotatable bonds is 9. The molecule has 0 rings (SSSR count). The highest BCUT2D eigenvalue weighted by Gasteiger charge is 2.75. The van der Waals surface area contributed by atoms with Crippen LogP contribution in [0.4, 0.5) is 61.5 Å². The third-order valence-electron chi connectivity index (χ3n) is 4.11. The zero-order valence-electron chi connectivity index (χ0n) is 14.5. The van der Waals surface area contributed by atoms with Gasteiger partial charge in [0.05, 0.1) is 0 Å². The first kappa shape index (κ1) is 28.9. The van der Waals surface area contributed by atoms with Crippen LogP contribution in [0, 0.1) is 16.6 Å². The van der Waals surface area contributed by atoms with E-state index in [0.717, 1.165) is 0 Å². The van der Waals surface area contributed by atoms with Crippen LogP contribution in [0.1, 0.15) is 32.1 Å². The van der Waals surface area contributed by atoms with Gasteiger partial charge < -0.3 is 0 Å².